The summed E-state index contributed by atoms with van der Waals surface area (Å²) < 4.78 is 31.8. The number of amides is 2. The standard InChI is InChI=1S/C20H27N3O5S/c1-5-23(6-2)29(26,27)16-10-7-9-15(13-16)21-20(25)18(14(3)4)22-19(24)17-11-8-12-28-17/h7-14,18H,5-6H2,1-4H3,(H,21,25)(H,22,24)/t18-/m0/s1. The van der Waals surface area contributed by atoms with Crippen molar-refractivity contribution < 1.29 is 22.4 Å². The van der Waals surface area contributed by atoms with Crippen molar-refractivity contribution in [2.24, 2.45) is 5.92 Å². The third kappa shape index (κ3) is 5.45. The minimum atomic E-state index is -3.64. The zero-order valence-electron chi connectivity index (χ0n) is 17.0. The van der Waals surface area contributed by atoms with Crippen LogP contribution < -0.4 is 10.6 Å². The zero-order chi connectivity index (χ0) is 21.6. The van der Waals surface area contributed by atoms with E-state index in [1.807, 2.05) is 0 Å². The predicted octanol–water partition coefficient (Wildman–Crippen LogP) is 2.70. The van der Waals surface area contributed by atoms with E-state index >= 15 is 0 Å². The molecule has 0 bridgehead atoms. The van der Waals surface area contributed by atoms with E-state index in [0.29, 0.717) is 18.8 Å². The van der Waals surface area contributed by atoms with Crippen LogP contribution in [0.2, 0.25) is 0 Å². The third-order valence-corrected chi connectivity index (χ3v) is 6.47. The molecule has 9 heteroatoms. The maximum atomic E-state index is 12.8. The van der Waals surface area contributed by atoms with Crippen molar-refractivity contribution in [3.63, 3.8) is 0 Å². The predicted molar refractivity (Wildman–Crippen MR) is 110 cm³/mol. The molecule has 2 amide bonds. The number of carbonyl (C=O) groups excluding carboxylic acids is 2. The van der Waals surface area contributed by atoms with Crippen molar-refractivity contribution in [2.45, 2.75) is 38.6 Å². The fourth-order valence-corrected chi connectivity index (χ4v) is 4.33. The highest BCUT2D eigenvalue weighted by atomic mass is 32.2. The van der Waals surface area contributed by atoms with Crippen LogP contribution in [-0.4, -0.2) is 43.7 Å². The summed E-state index contributed by atoms with van der Waals surface area (Å²) in [5.74, 6) is -1.04. The summed E-state index contributed by atoms with van der Waals surface area (Å²) in [5, 5.41) is 5.34. The van der Waals surface area contributed by atoms with Gasteiger partial charge in [0.15, 0.2) is 5.76 Å². The highest BCUT2D eigenvalue weighted by Crippen LogP contribution is 2.20. The van der Waals surface area contributed by atoms with Crippen molar-refractivity contribution in [1.29, 1.82) is 0 Å². The lowest BCUT2D eigenvalue weighted by Crippen LogP contribution is -2.47. The Morgan fingerprint density at radius 3 is 2.34 bits per heavy atom. The van der Waals surface area contributed by atoms with Crippen molar-refractivity contribution in [1.82, 2.24) is 9.62 Å². The van der Waals surface area contributed by atoms with Crippen LogP contribution in [-0.2, 0) is 14.8 Å². The second-order valence-electron chi connectivity index (χ2n) is 6.78. The Morgan fingerprint density at radius 2 is 1.79 bits per heavy atom. The van der Waals surface area contributed by atoms with Crippen LogP contribution in [0.15, 0.2) is 52.0 Å². The summed E-state index contributed by atoms with van der Waals surface area (Å²) in [7, 11) is -3.64. The monoisotopic (exact) mass is 421 g/mol. The van der Waals surface area contributed by atoms with Crippen LogP contribution in [0.5, 0.6) is 0 Å². The number of nitrogens with zero attached hydrogens (tertiary/aromatic N) is 1. The van der Waals surface area contributed by atoms with Gasteiger partial charge in [0.05, 0.1) is 11.2 Å². The van der Waals surface area contributed by atoms with Crippen LogP contribution in [0.4, 0.5) is 5.69 Å². The summed E-state index contributed by atoms with van der Waals surface area (Å²) in [6.45, 7) is 7.83. The molecule has 1 aromatic carbocycles. The van der Waals surface area contributed by atoms with E-state index in [4.69, 9.17) is 4.42 Å². The minimum Gasteiger partial charge on any atom is -0.459 e. The second-order valence-corrected chi connectivity index (χ2v) is 8.72. The van der Waals surface area contributed by atoms with Crippen LogP contribution in [0.1, 0.15) is 38.2 Å². The summed E-state index contributed by atoms with van der Waals surface area (Å²) in [6.07, 6.45) is 1.38. The molecular weight excluding hydrogens is 394 g/mol. The molecule has 1 atom stereocenters. The SMILES string of the molecule is CCN(CC)S(=O)(=O)c1cccc(NC(=O)[C@@H](NC(=O)c2ccco2)C(C)C)c1. The largest absolute Gasteiger partial charge is 0.459 e. The Balaban J connectivity index is 2.19. The molecule has 0 aliphatic heterocycles. The fourth-order valence-electron chi connectivity index (χ4n) is 2.82. The molecule has 2 rings (SSSR count). The number of carbonyl (C=O) groups is 2. The molecule has 8 nitrogen and oxygen atoms in total. The van der Waals surface area contributed by atoms with Gasteiger partial charge in [0.25, 0.3) is 5.91 Å². The van der Waals surface area contributed by atoms with Crippen LogP contribution in [0, 0.1) is 5.92 Å². The maximum absolute atomic E-state index is 12.8. The van der Waals surface area contributed by atoms with Crippen molar-refractivity contribution in [3.05, 3.63) is 48.4 Å². The lowest BCUT2D eigenvalue weighted by Gasteiger charge is -2.22. The first-order valence-electron chi connectivity index (χ1n) is 9.46. The summed E-state index contributed by atoms with van der Waals surface area (Å²) in [5.41, 5.74) is 0.334. The van der Waals surface area contributed by atoms with Gasteiger partial charge >= 0.3 is 0 Å². The quantitative estimate of drug-likeness (QED) is 0.647. The first-order chi connectivity index (χ1) is 13.7. The molecule has 29 heavy (non-hydrogen) atoms. The highest BCUT2D eigenvalue weighted by molar-refractivity contribution is 7.89. The van der Waals surface area contributed by atoms with E-state index in [0.717, 1.165) is 0 Å². The van der Waals surface area contributed by atoms with Gasteiger partial charge in [-0.05, 0) is 36.2 Å². The molecule has 0 fully saturated rings. The molecule has 0 unspecified atom stereocenters. The molecule has 0 saturated heterocycles. The summed E-state index contributed by atoms with van der Waals surface area (Å²) in [6, 6.07) is 8.34. The van der Waals surface area contributed by atoms with E-state index in [-0.39, 0.29) is 16.6 Å². The normalized spacial score (nSPS) is 12.8. The topological polar surface area (TPSA) is 109 Å². The Bertz CT molecular complexity index is 935. The number of hydrogen-bond acceptors (Lipinski definition) is 5. The van der Waals surface area contributed by atoms with Gasteiger partial charge in [0.1, 0.15) is 6.04 Å². The molecule has 2 aromatic rings. The van der Waals surface area contributed by atoms with Crippen LogP contribution in [0.25, 0.3) is 0 Å². The second kappa shape index (κ2) is 9.71. The van der Waals surface area contributed by atoms with Gasteiger partial charge in [-0.1, -0.05) is 33.8 Å². The van der Waals surface area contributed by atoms with E-state index in [2.05, 4.69) is 10.6 Å². The van der Waals surface area contributed by atoms with Crippen molar-refractivity contribution in [3.8, 4) is 0 Å². The Hall–Kier alpha value is -2.65. The summed E-state index contributed by atoms with van der Waals surface area (Å²) in [4.78, 5) is 25.1. The van der Waals surface area contributed by atoms with Gasteiger partial charge in [0.2, 0.25) is 15.9 Å². The lowest BCUT2D eigenvalue weighted by atomic mass is 10.0. The lowest BCUT2D eigenvalue weighted by molar-refractivity contribution is -0.118. The molecule has 0 radical (unpaired) electrons. The van der Waals surface area contributed by atoms with Gasteiger partial charge in [0, 0.05) is 18.8 Å². The highest BCUT2D eigenvalue weighted by Gasteiger charge is 2.26. The molecule has 0 aliphatic rings. The first-order valence-corrected chi connectivity index (χ1v) is 10.9. The first kappa shape index (κ1) is 22.6. The van der Waals surface area contributed by atoms with Gasteiger partial charge in [-0.2, -0.15) is 4.31 Å². The van der Waals surface area contributed by atoms with Gasteiger partial charge < -0.3 is 15.1 Å². The van der Waals surface area contributed by atoms with Gasteiger partial charge in [-0.25, -0.2) is 8.42 Å². The van der Waals surface area contributed by atoms with E-state index in [9.17, 15) is 18.0 Å². The number of nitrogens with one attached hydrogen (secondary N) is 2. The van der Waals surface area contributed by atoms with Crippen molar-refractivity contribution in [2.75, 3.05) is 18.4 Å². The number of rotatable bonds is 9. The number of benzene rings is 1. The van der Waals surface area contributed by atoms with E-state index in [1.165, 1.54) is 28.8 Å². The molecule has 0 aliphatic carbocycles. The average molecular weight is 422 g/mol. The fraction of sp³-hybridized carbons (Fsp3) is 0.400. The molecular formula is C20H27N3O5S. The Labute approximate surface area is 171 Å². The molecule has 1 aromatic heterocycles. The zero-order valence-corrected chi connectivity index (χ0v) is 17.8. The smallest absolute Gasteiger partial charge is 0.287 e. The molecule has 0 saturated carbocycles. The number of furan rings is 1. The summed E-state index contributed by atoms with van der Waals surface area (Å²) >= 11 is 0. The van der Waals surface area contributed by atoms with Crippen LogP contribution in [0.3, 0.4) is 0 Å². The Kier molecular flexibility index (Phi) is 7.58. The molecule has 2 N–H and O–H groups in total. The number of hydrogen-bond donors (Lipinski definition) is 2. The van der Waals surface area contributed by atoms with Gasteiger partial charge in [-0.15, -0.1) is 0 Å². The van der Waals surface area contributed by atoms with Crippen LogP contribution >= 0.6 is 0 Å². The van der Waals surface area contributed by atoms with E-state index < -0.39 is 27.9 Å². The number of anilines is 1. The van der Waals surface area contributed by atoms with Gasteiger partial charge in [-0.3, -0.25) is 9.59 Å². The maximum Gasteiger partial charge on any atom is 0.287 e. The molecule has 0 spiro atoms. The van der Waals surface area contributed by atoms with E-state index in [1.54, 1.807) is 45.9 Å². The minimum absolute atomic E-state index is 0.0970. The molecule has 158 valence electrons. The Morgan fingerprint density at radius 1 is 1.10 bits per heavy atom. The number of sulfonamides is 1. The third-order valence-electron chi connectivity index (χ3n) is 4.43. The molecule has 1 heterocycles. The van der Waals surface area contributed by atoms with Crippen molar-refractivity contribution >= 4 is 27.5 Å². The average Bonchev–Trinajstić information content (AvgIpc) is 3.21.